The normalized spacial score (nSPS) is 12.4. The van der Waals surface area contributed by atoms with Gasteiger partial charge in [0, 0.05) is 23.2 Å². The molecule has 3 aromatic rings. The Kier molecular flexibility index (Phi) is 7.84. The van der Waals surface area contributed by atoms with Crippen LogP contribution in [-0.4, -0.2) is 38.9 Å². The van der Waals surface area contributed by atoms with Crippen molar-refractivity contribution < 1.29 is 40.3 Å². The second kappa shape index (κ2) is 10.4. The van der Waals surface area contributed by atoms with Crippen LogP contribution in [0.5, 0.6) is 0 Å². The summed E-state index contributed by atoms with van der Waals surface area (Å²) in [5, 5.41) is 6.51. The minimum atomic E-state index is -6.26. The molecular formula is C24H22F7N5O2. The summed E-state index contributed by atoms with van der Waals surface area (Å²) in [6.45, 7) is 2.60. The van der Waals surface area contributed by atoms with Crippen LogP contribution < -0.4 is 11.1 Å². The van der Waals surface area contributed by atoms with Crippen molar-refractivity contribution in [3.63, 3.8) is 0 Å². The first-order chi connectivity index (χ1) is 17.6. The molecule has 0 atom stereocenters. The van der Waals surface area contributed by atoms with Crippen molar-refractivity contribution in [3.8, 4) is 5.69 Å². The molecule has 7 nitrogen and oxygen atoms in total. The van der Waals surface area contributed by atoms with Crippen LogP contribution in [0.3, 0.4) is 0 Å². The van der Waals surface area contributed by atoms with E-state index in [0.29, 0.717) is 23.4 Å². The lowest BCUT2D eigenvalue weighted by molar-refractivity contribution is -0.348. The topological polar surface area (TPSA) is 103 Å². The van der Waals surface area contributed by atoms with Gasteiger partial charge in [0.25, 0.3) is 5.91 Å². The molecule has 3 rings (SSSR count). The number of halogens is 7. The fourth-order valence-corrected chi connectivity index (χ4v) is 3.93. The highest BCUT2D eigenvalue weighted by molar-refractivity contribution is 6.05. The number of hydrogen-bond donors (Lipinski definition) is 2. The zero-order chi connectivity index (χ0) is 28.5. The van der Waals surface area contributed by atoms with E-state index >= 15 is 0 Å². The molecule has 3 N–H and O–H groups in total. The molecule has 1 heterocycles. The van der Waals surface area contributed by atoms with Gasteiger partial charge in [-0.3, -0.25) is 9.59 Å². The molecule has 38 heavy (non-hydrogen) atoms. The predicted molar refractivity (Wildman–Crippen MR) is 122 cm³/mol. The van der Waals surface area contributed by atoms with Gasteiger partial charge in [-0.15, -0.1) is 0 Å². The zero-order valence-electron chi connectivity index (χ0n) is 20.0. The predicted octanol–water partition coefficient (Wildman–Crippen LogP) is 5.10. The number of rotatable bonds is 8. The molecule has 14 heteroatoms. The van der Waals surface area contributed by atoms with Gasteiger partial charge in [-0.05, 0) is 60.7 Å². The van der Waals surface area contributed by atoms with Crippen LogP contribution in [0.1, 0.15) is 46.0 Å². The highest BCUT2D eigenvalue weighted by Crippen LogP contribution is 2.53. The van der Waals surface area contributed by atoms with E-state index in [1.807, 2.05) is 0 Å². The van der Waals surface area contributed by atoms with Crippen molar-refractivity contribution in [2.45, 2.75) is 51.1 Å². The van der Waals surface area contributed by atoms with Crippen LogP contribution in [0.4, 0.5) is 36.4 Å². The molecule has 0 radical (unpaired) electrons. The Balaban J connectivity index is 2.01. The van der Waals surface area contributed by atoms with Crippen molar-refractivity contribution in [3.05, 3.63) is 70.8 Å². The van der Waals surface area contributed by atoms with Gasteiger partial charge in [-0.25, -0.2) is 14.1 Å². The van der Waals surface area contributed by atoms with Gasteiger partial charge >= 0.3 is 18.0 Å². The highest BCUT2D eigenvalue weighted by atomic mass is 19.4. The summed E-state index contributed by atoms with van der Waals surface area (Å²) >= 11 is 0. The van der Waals surface area contributed by atoms with Gasteiger partial charge in [-0.1, -0.05) is 13.0 Å². The van der Waals surface area contributed by atoms with Crippen molar-refractivity contribution in [1.82, 2.24) is 14.8 Å². The minimum Gasteiger partial charge on any atom is -0.370 e. The molecule has 1 aromatic heterocycles. The van der Waals surface area contributed by atoms with Gasteiger partial charge in [-0.2, -0.15) is 31.4 Å². The number of nitrogens with zero attached hydrogens (tertiary/aromatic N) is 3. The number of alkyl halides is 7. The molecule has 204 valence electrons. The summed E-state index contributed by atoms with van der Waals surface area (Å²) in [5.74, 6) is -1.33. The number of amides is 2. The van der Waals surface area contributed by atoms with E-state index in [1.165, 1.54) is 42.5 Å². The summed E-state index contributed by atoms with van der Waals surface area (Å²) in [6, 6.07) is 5.26. The number of primary amides is 1. The maximum atomic E-state index is 14.6. The average Bonchev–Trinajstić information content (AvgIpc) is 3.36. The second-order valence-electron chi connectivity index (χ2n) is 8.44. The molecule has 0 bridgehead atoms. The molecule has 0 aliphatic rings. The number of benzene rings is 2. The summed E-state index contributed by atoms with van der Waals surface area (Å²) in [5.41, 5.74) is -1.28. The van der Waals surface area contributed by atoms with E-state index in [4.69, 9.17) is 5.73 Å². The third kappa shape index (κ3) is 5.48. The quantitative estimate of drug-likeness (QED) is 0.385. The number of anilines is 1. The summed E-state index contributed by atoms with van der Waals surface area (Å²) < 4.78 is 95.6. The standard InChI is InChI=1S/C24H22F7N5O2/c1-3-14-10-17(22(25,23(26,27)28)24(29,30)31)8-13(2)20(14)35-21(38)16-4-6-18(36-12-33-11-34-36)15(9-16)5-7-19(32)37/h4,6,8-12H,3,5,7H2,1-2H3,(H2,32,37)(H,35,38). The first-order valence-electron chi connectivity index (χ1n) is 11.1. The molecule has 2 amide bonds. The van der Waals surface area contributed by atoms with E-state index in [1.54, 1.807) is 0 Å². The van der Waals surface area contributed by atoms with Gasteiger partial charge in [0.05, 0.1) is 5.69 Å². The van der Waals surface area contributed by atoms with Gasteiger partial charge in [0.15, 0.2) is 0 Å². The summed E-state index contributed by atoms with van der Waals surface area (Å²) in [7, 11) is 0. The lowest BCUT2D eigenvalue weighted by Crippen LogP contribution is -2.50. The number of nitrogens with two attached hydrogens (primary N) is 1. The van der Waals surface area contributed by atoms with Crippen LogP contribution in [-0.2, 0) is 23.3 Å². The molecule has 0 unspecified atom stereocenters. The Morgan fingerprint density at radius 1 is 1.00 bits per heavy atom. The van der Waals surface area contributed by atoms with Crippen molar-refractivity contribution in [2.24, 2.45) is 5.73 Å². The number of aryl methyl sites for hydroxylation is 3. The zero-order valence-corrected chi connectivity index (χ0v) is 20.0. The summed E-state index contributed by atoms with van der Waals surface area (Å²) in [6.07, 6.45) is -9.86. The number of carbonyl (C=O) groups is 2. The molecular weight excluding hydrogens is 523 g/mol. The first kappa shape index (κ1) is 28.6. The largest absolute Gasteiger partial charge is 0.435 e. The molecule has 0 fully saturated rings. The monoisotopic (exact) mass is 545 g/mol. The highest BCUT2D eigenvalue weighted by Gasteiger charge is 2.73. The maximum absolute atomic E-state index is 14.6. The van der Waals surface area contributed by atoms with E-state index in [0.717, 1.165) is 6.92 Å². The van der Waals surface area contributed by atoms with Crippen molar-refractivity contribution in [2.75, 3.05) is 5.32 Å². The van der Waals surface area contributed by atoms with Crippen LogP contribution in [0.25, 0.3) is 5.69 Å². The Labute approximate surface area is 211 Å². The Bertz CT molecular complexity index is 1320. The van der Waals surface area contributed by atoms with E-state index in [9.17, 15) is 40.3 Å². The number of aromatic nitrogens is 3. The van der Waals surface area contributed by atoms with Crippen molar-refractivity contribution >= 4 is 17.5 Å². The third-order valence-corrected chi connectivity index (χ3v) is 5.86. The molecule has 0 saturated carbocycles. The van der Waals surface area contributed by atoms with E-state index in [2.05, 4.69) is 15.4 Å². The van der Waals surface area contributed by atoms with Crippen LogP contribution in [0.2, 0.25) is 0 Å². The lowest BCUT2D eigenvalue weighted by atomic mass is 9.89. The fourth-order valence-electron chi connectivity index (χ4n) is 3.93. The first-order valence-corrected chi connectivity index (χ1v) is 11.1. The Morgan fingerprint density at radius 2 is 1.66 bits per heavy atom. The van der Waals surface area contributed by atoms with E-state index in [-0.39, 0.29) is 41.6 Å². The number of hydrogen-bond acceptors (Lipinski definition) is 4. The van der Waals surface area contributed by atoms with E-state index < -0.39 is 35.4 Å². The number of carbonyl (C=O) groups excluding carboxylic acids is 2. The van der Waals surface area contributed by atoms with Gasteiger partial charge < -0.3 is 11.1 Å². The van der Waals surface area contributed by atoms with Gasteiger partial charge in [0.2, 0.25) is 5.91 Å². The average molecular weight is 545 g/mol. The molecule has 0 aliphatic carbocycles. The lowest BCUT2D eigenvalue weighted by Gasteiger charge is -2.31. The minimum absolute atomic E-state index is 0.0449. The molecule has 0 spiro atoms. The number of nitrogens with one attached hydrogen (secondary N) is 1. The maximum Gasteiger partial charge on any atom is 0.435 e. The molecule has 0 saturated heterocycles. The van der Waals surface area contributed by atoms with Crippen LogP contribution >= 0.6 is 0 Å². The smallest absolute Gasteiger partial charge is 0.370 e. The molecule has 2 aromatic carbocycles. The van der Waals surface area contributed by atoms with Crippen molar-refractivity contribution in [1.29, 1.82) is 0 Å². The Hall–Kier alpha value is -3.97. The SMILES string of the molecule is CCc1cc(C(F)(C(F)(F)F)C(F)(F)F)cc(C)c1NC(=O)c1ccc(-n2cncn2)c(CCC(N)=O)c1. The summed E-state index contributed by atoms with van der Waals surface area (Å²) in [4.78, 5) is 28.2. The molecule has 0 aliphatic heterocycles. The van der Waals surface area contributed by atoms with Crippen LogP contribution in [0.15, 0.2) is 43.0 Å². The van der Waals surface area contributed by atoms with Crippen LogP contribution in [0, 0.1) is 6.92 Å². The second-order valence-corrected chi connectivity index (χ2v) is 8.44. The van der Waals surface area contributed by atoms with Gasteiger partial charge in [0.1, 0.15) is 12.7 Å². The fraction of sp³-hybridized carbons (Fsp3) is 0.333. The Morgan fingerprint density at radius 3 is 2.18 bits per heavy atom. The third-order valence-electron chi connectivity index (χ3n) is 5.86.